The first-order valence-electron chi connectivity index (χ1n) is 10.5. The quantitative estimate of drug-likeness (QED) is 0.426. The van der Waals surface area contributed by atoms with Crippen molar-refractivity contribution in [3.05, 3.63) is 64.5 Å². The predicted molar refractivity (Wildman–Crippen MR) is 114 cm³/mol. The summed E-state index contributed by atoms with van der Waals surface area (Å²) < 4.78 is 2.06. The molecule has 0 radical (unpaired) electrons. The SMILES string of the molecule is Cc1cc(/C=N\N2C(=O)[C@@H]3[C@H]4C=C[C@@H]([C@@H]5C[C@@H]45)[C@H]3C2=O)c(C)n1-c1ccccc1Cl. The van der Waals surface area contributed by atoms with E-state index in [1.165, 1.54) is 0 Å². The number of nitrogens with zero attached hydrogens (tertiary/aromatic N) is 3. The molecule has 7 rings (SSSR count). The van der Waals surface area contributed by atoms with E-state index in [4.69, 9.17) is 11.6 Å². The number of hydrazone groups is 1. The first-order valence-corrected chi connectivity index (χ1v) is 10.9. The van der Waals surface area contributed by atoms with Gasteiger partial charge >= 0.3 is 0 Å². The number of halogens is 1. The molecule has 4 aliphatic carbocycles. The highest BCUT2D eigenvalue weighted by molar-refractivity contribution is 6.32. The number of rotatable bonds is 3. The van der Waals surface area contributed by atoms with Gasteiger partial charge in [-0.25, -0.2) is 0 Å². The molecule has 2 heterocycles. The number of hydrogen-bond donors (Lipinski definition) is 0. The summed E-state index contributed by atoms with van der Waals surface area (Å²) in [5.74, 6) is 0.913. The molecule has 2 amide bonds. The second-order valence-corrected chi connectivity index (χ2v) is 9.41. The van der Waals surface area contributed by atoms with Gasteiger partial charge in [-0.1, -0.05) is 35.9 Å². The molecule has 6 atom stereocenters. The molecule has 1 aromatic heterocycles. The smallest absolute Gasteiger partial charge is 0.254 e. The van der Waals surface area contributed by atoms with Crippen LogP contribution in [-0.2, 0) is 9.59 Å². The summed E-state index contributed by atoms with van der Waals surface area (Å²) >= 11 is 6.39. The Kier molecular flexibility index (Phi) is 3.73. The average molecular weight is 420 g/mol. The van der Waals surface area contributed by atoms with Crippen LogP contribution >= 0.6 is 11.6 Å². The molecular formula is C24H22ClN3O2. The van der Waals surface area contributed by atoms with Crippen LogP contribution < -0.4 is 0 Å². The molecule has 2 bridgehead atoms. The van der Waals surface area contributed by atoms with E-state index in [2.05, 4.69) is 21.8 Å². The highest BCUT2D eigenvalue weighted by Gasteiger charge is 2.67. The number of aromatic nitrogens is 1. The van der Waals surface area contributed by atoms with Crippen molar-refractivity contribution in [2.45, 2.75) is 20.3 Å². The number of amides is 2. The van der Waals surface area contributed by atoms with Crippen molar-refractivity contribution in [2.24, 2.45) is 40.6 Å². The molecule has 6 heteroatoms. The lowest BCUT2D eigenvalue weighted by molar-refractivity contribution is -0.140. The zero-order chi connectivity index (χ0) is 20.7. The number of allylic oxidation sites excluding steroid dienone is 2. The second kappa shape index (κ2) is 6.17. The van der Waals surface area contributed by atoms with Gasteiger partial charge in [0.25, 0.3) is 11.8 Å². The summed E-state index contributed by atoms with van der Waals surface area (Å²) in [6.07, 6.45) is 7.15. The highest BCUT2D eigenvalue weighted by atomic mass is 35.5. The van der Waals surface area contributed by atoms with Crippen molar-refractivity contribution in [2.75, 3.05) is 0 Å². The third-order valence-corrected chi connectivity index (χ3v) is 7.84. The van der Waals surface area contributed by atoms with Crippen LogP contribution in [-0.4, -0.2) is 27.6 Å². The molecule has 5 aliphatic rings. The molecule has 0 spiro atoms. The van der Waals surface area contributed by atoms with Crippen LogP contribution in [0.25, 0.3) is 5.69 Å². The summed E-state index contributed by atoms with van der Waals surface area (Å²) in [6, 6.07) is 9.68. The van der Waals surface area contributed by atoms with E-state index in [1.807, 2.05) is 44.2 Å². The van der Waals surface area contributed by atoms with Gasteiger partial charge in [-0.2, -0.15) is 10.1 Å². The lowest BCUT2D eigenvalue weighted by atomic mass is 9.63. The van der Waals surface area contributed by atoms with Crippen molar-refractivity contribution in [1.29, 1.82) is 0 Å². The van der Waals surface area contributed by atoms with Gasteiger partial charge in [-0.3, -0.25) is 9.59 Å². The van der Waals surface area contributed by atoms with E-state index < -0.39 is 0 Å². The largest absolute Gasteiger partial charge is 0.316 e. The van der Waals surface area contributed by atoms with Crippen LogP contribution in [0.1, 0.15) is 23.4 Å². The fourth-order valence-electron chi connectivity index (χ4n) is 6.10. The topological polar surface area (TPSA) is 54.7 Å². The van der Waals surface area contributed by atoms with Gasteiger partial charge < -0.3 is 4.57 Å². The van der Waals surface area contributed by atoms with E-state index >= 15 is 0 Å². The number of carbonyl (C=O) groups excluding carboxylic acids is 2. The Balaban J connectivity index is 1.32. The van der Waals surface area contributed by atoms with Crippen molar-refractivity contribution in [3.8, 4) is 5.69 Å². The monoisotopic (exact) mass is 419 g/mol. The van der Waals surface area contributed by atoms with E-state index in [0.29, 0.717) is 16.9 Å². The number of imide groups is 1. The zero-order valence-electron chi connectivity index (χ0n) is 16.8. The predicted octanol–water partition coefficient (Wildman–Crippen LogP) is 4.13. The number of hydrogen-bond acceptors (Lipinski definition) is 3. The lowest BCUT2D eigenvalue weighted by Crippen LogP contribution is -2.40. The van der Waals surface area contributed by atoms with E-state index in [-0.39, 0.29) is 35.5 Å². The molecule has 1 aliphatic heterocycles. The molecule has 152 valence electrons. The maximum absolute atomic E-state index is 13.1. The van der Waals surface area contributed by atoms with E-state index in [0.717, 1.165) is 34.1 Å². The Bertz CT molecular complexity index is 1130. The molecule has 1 aromatic carbocycles. The fourth-order valence-corrected chi connectivity index (χ4v) is 6.32. The van der Waals surface area contributed by atoms with Gasteiger partial charge in [-0.15, -0.1) is 0 Å². The number of benzene rings is 1. The zero-order valence-corrected chi connectivity index (χ0v) is 17.6. The van der Waals surface area contributed by atoms with Crippen LogP contribution in [0, 0.1) is 49.4 Å². The molecule has 0 N–H and O–H groups in total. The van der Waals surface area contributed by atoms with Crippen molar-refractivity contribution >= 4 is 29.6 Å². The van der Waals surface area contributed by atoms with Gasteiger partial charge in [0.05, 0.1) is 28.8 Å². The molecular weight excluding hydrogens is 398 g/mol. The minimum Gasteiger partial charge on any atom is -0.316 e. The first-order chi connectivity index (χ1) is 14.5. The maximum atomic E-state index is 13.1. The normalized spacial score (nSPS) is 33.5. The first kappa shape index (κ1) is 18.1. The van der Waals surface area contributed by atoms with Crippen LogP contribution in [0.2, 0.25) is 5.02 Å². The summed E-state index contributed by atoms with van der Waals surface area (Å²) in [4.78, 5) is 26.2. The van der Waals surface area contributed by atoms with E-state index in [1.54, 1.807) is 6.21 Å². The second-order valence-electron chi connectivity index (χ2n) is 9.00. The number of para-hydroxylation sites is 1. The Labute approximate surface area is 180 Å². The van der Waals surface area contributed by atoms with Crippen molar-refractivity contribution in [3.63, 3.8) is 0 Å². The number of carbonyl (C=O) groups is 2. The van der Waals surface area contributed by atoms with Crippen molar-refractivity contribution < 1.29 is 9.59 Å². The van der Waals surface area contributed by atoms with E-state index in [9.17, 15) is 9.59 Å². The Morgan fingerprint density at radius 3 is 2.30 bits per heavy atom. The molecule has 2 saturated carbocycles. The van der Waals surface area contributed by atoms with Crippen LogP contribution in [0.3, 0.4) is 0 Å². The fraction of sp³-hybridized carbons (Fsp3) is 0.375. The van der Waals surface area contributed by atoms with Gasteiger partial charge in [0.2, 0.25) is 0 Å². The van der Waals surface area contributed by atoms with Crippen LogP contribution in [0.5, 0.6) is 0 Å². The minimum atomic E-state index is -0.219. The molecule has 3 fully saturated rings. The Hall–Kier alpha value is -2.66. The van der Waals surface area contributed by atoms with Gasteiger partial charge in [0, 0.05) is 17.0 Å². The van der Waals surface area contributed by atoms with Crippen molar-refractivity contribution in [1.82, 2.24) is 9.58 Å². The summed E-state index contributed by atoms with van der Waals surface area (Å²) in [5, 5.41) is 6.18. The maximum Gasteiger partial charge on any atom is 0.254 e. The standard InChI is InChI=1S/C24H22ClN3O2/c1-12-9-14(13(2)27(12)20-6-4-3-5-19(20)25)11-26-28-23(29)21-15-7-8-16(18-10-17(15)18)22(21)24(28)30/h3-9,11,15-18,21-22H,10H2,1-2H3/b26-11-/t15-,16-,17-,18-,21+,22+/m0/s1. The van der Waals surface area contributed by atoms with Gasteiger partial charge in [0.15, 0.2) is 0 Å². The van der Waals surface area contributed by atoms with Crippen LogP contribution in [0.15, 0.2) is 47.6 Å². The molecule has 0 unspecified atom stereocenters. The third-order valence-electron chi connectivity index (χ3n) is 7.52. The molecule has 1 saturated heterocycles. The van der Waals surface area contributed by atoms with Crippen LogP contribution in [0.4, 0.5) is 0 Å². The molecule has 2 aromatic rings. The lowest BCUT2D eigenvalue weighted by Gasteiger charge is -2.37. The minimum absolute atomic E-state index is 0.133. The number of aryl methyl sites for hydroxylation is 1. The molecule has 5 nitrogen and oxygen atoms in total. The van der Waals surface area contributed by atoms with Gasteiger partial charge in [-0.05, 0) is 62.1 Å². The van der Waals surface area contributed by atoms with Gasteiger partial charge in [0.1, 0.15) is 0 Å². The highest BCUT2D eigenvalue weighted by Crippen LogP contribution is 2.65. The average Bonchev–Trinajstić information content (AvgIpc) is 3.46. The summed E-state index contributed by atoms with van der Waals surface area (Å²) in [7, 11) is 0. The summed E-state index contributed by atoms with van der Waals surface area (Å²) in [5.41, 5.74) is 3.74. The summed E-state index contributed by atoms with van der Waals surface area (Å²) in [6.45, 7) is 3.99. The third kappa shape index (κ3) is 2.33. The Morgan fingerprint density at radius 2 is 1.67 bits per heavy atom. The Morgan fingerprint density at radius 1 is 1.03 bits per heavy atom. The molecule has 30 heavy (non-hydrogen) atoms.